The fourth-order valence-electron chi connectivity index (χ4n) is 0.766. The number of hydrogen-bond acceptors (Lipinski definition) is 3. The lowest BCUT2D eigenvalue weighted by Crippen LogP contribution is -2.29. The van der Waals surface area contributed by atoms with E-state index in [0.717, 1.165) is 5.71 Å². The van der Waals surface area contributed by atoms with E-state index in [1.807, 2.05) is 0 Å². The Hall–Kier alpha value is -0.900. The van der Waals surface area contributed by atoms with E-state index in [9.17, 15) is 4.79 Å². The first kappa shape index (κ1) is 6.22. The summed E-state index contributed by atoms with van der Waals surface area (Å²) in [5.74, 6) is -0.278. The van der Waals surface area contributed by atoms with Crippen LogP contribution < -0.4 is 11.2 Å². The highest BCUT2D eigenvalue weighted by molar-refractivity contribution is 6.07. The van der Waals surface area contributed by atoms with Crippen LogP contribution in [-0.4, -0.2) is 18.2 Å². The van der Waals surface area contributed by atoms with Crippen LogP contribution in [0, 0.1) is 5.92 Å². The normalized spacial score (nSPS) is 25.8. The summed E-state index contributed by atoms with van der Waals surface area (Å²) in [6, 6.07) is 0. The fourth-order valence-corrected chi connectivity index (χ4v) is 0.766. The summed E-state index contributed by atoms with van der Waals surface area (Å²) >= 11 is 0. The number of nitrogens with zero attached hydrogens (tertiary/aromatic N) is 1. The number of nitrogens with two attached hydrogens (primary N) is 1. The molecule has 1 rings (SSSR count). The zero-order valence-corrected chi connectivity index (χ0v) is 5.22. The van der Waals surface area contributed by atoms with E-state index in [1.165, 1.54) is 0 Å². The topological polar surface area (TPSA) is 67.5 Å². The zero-order chi connectivity index (χ0) is 6.85. The van der Waals surface area contributed by atoms with Crippen LogP contribution in [0.5, 0.6) is 0 Å². The molecule has 0 radical (unpaired) electrons. The third-order valence-corrected chi connectivity index (χ3v) is 1.40. The quantitative estimate of drug-likeness (QED) is 0.477. The summed E-state index contributed by atoms with van der Waals surface area (Å²) in [6.07, 6.45) is 0. The van der Waals surface area contributed by atoms with Crippen molar-refractivity contribution in [2.45, 2.75) is 6.92 Å². The molecule has 1 amide bonds. The van der Waals surface area contributed by atoms with Crippen LogP contribution in [0.1, 0.15) is 6.92 Å². The Balaban J connectivity index is 2.67. The van der Waals surface area contributed by atoms with Crippen LogP contribution in [0.25, 0.3) is 0 Å². The number of carbonyl (C=O) groups excluding carboxylic acids is 1. The van der Waals surface area contributed by atoms with Crippen molar-refractivity contribution < 1.29 is 4.79 Å². The number of hydrazone groups is 1. The molecule has 0 aromatic heterocycles. The molecule has 0 aromatic rings. The van der Waals surface area contributed by atoms with E-state index < -0.39 is 0 Å². The molecule has 0 unspecified atom stereocenters. The molecule has 1 aliphatic rings. The number of nitrogens with one attached hydrogen (secondary N) is 1. The minimum absolute atomic E-state index is 0.0880. The lowest BCUT2D eigenvalue weighted by Gasteiger charge is -1.99. The van der Waals surface area contributed by atoms with Gasteiger partial charge in [0.2, 0.25) is 5.91 Å². The van der Waals surface area contributed by atoms with Crippen LogP contribution in [-0.2, 0) is 4.79 Å². The molecule has 9 heavy (non-hydrogen) atoms. The van der Waals surface area contributed by atoms with Crippen LogP contribution in [0.4, 0.5) is 0 Å². The van der Waals surface area contributed by atoms with Crippen molar-refractivity contribution in [3.05, 3.63) is 0 Å². The molecule has 1 aliphatic heterocycles. The maximum Gasteiger partial charge on any atom is 0.250 e. The molecule has 4 nitrogen and oxygen atoms in total. The van der Waals surface area contributed by atoms with Gasteiger partial charge in [-0.15, -0.1) is 0 Å². The Kier molecular flexibility index (Phi) is 1.48. The monoisotopic (exact) mass is 127 g/mol. The van der Waals surface area contributed by atoms with Crippen molar-refractivity contribution in [1.82, 2.24) is 5.43 Å². The predicted molar refractivity (Wildman–Crippen MR) is 33.8 cm³/mol. The van der Waals surface area contributed by atoms with Crippen LogP contribution >= 0.6 is 0 Å². The molecular weight excluding hydrogens is 118 g/mol. The summed E-state index contributed by atoms with van der Waals surface area (Å²) in [4.78, 5) is 10.7. The first-order chi connectivity index (χ1) is 4.25. The van der Waals surface area contributed by atoms with Crippen molar-refractivity contribution in [2.24, 2.45) is 16.8 Å². The van der Waals surface area contributed by atoms with Crippen molar-refractivity contribution >= 4 is 11.6 Å². The molecular formula is C5H9N3O. The van der Waals surface area contributed by atoms with Gasteiger partial charge in [0.25, 0.3) is 0 Å². The van der Waals surface area contributed by atoms with Gasteiger partial charge in [-0.1, -0.05) is 0 Å². The van der Waals surface area contributed by atoms with E-state index in [0.29, 0.717) is 6.54 Å². The van der Waals surface area contributed by atoms with Gasteiger partial charge in [-0.25, -0.2) is 5.43 Å². The van der Waals surface area contributed by atoms with Gasteiger partial charge in [0.1, 0.15) is 0 Å². The number of hydrogen-bond donors (Lipinski definition) is 2. The van der Waals surface area contributed by atoms with Gasteiger partial charge in [0.15, 0.2) is 0 Å². The molecule has 1 heterocycles. The lowest BCUT2D eigenvalue weighted by molar-refractivity contribution is -0.121. The lowest BCUT2D eigenvalue weighted by atomic mass is 10.1. The van der Waals surface area contributed by atoms with Crippen molar-refractivity contribution in [3.8, 4) is 0 Å². The molecule has 3 N–H and O–H groups in total. The second kappa shape index (κ2) is 2.14. The van der Waals surface area contributed by atoms with E-state index in [1.54, 1.807) is 6.92 Å². The van der Waals surface area contributed by atoms with Gasteiger partial charge < -0.3 is 5.73 Å². The van der Waals surface area contributed by atoms with E-state index in [-0.39, 0.29) is 11.8 Å². The minimum atomic E-state index is -0.190. The number of carbonyl (C=O) groups is 1. The predicted octanol–water partition coefficient (Wildman–Crippen LogP) is -0.933. The van der Waals surface area contributed by atoms with Crippen LogP contribution in [0.3, 0.4) is 0 Å². The summed E-state index contributed by atoms with van der Waals surface area (Å²) < 4.78 is 0. The Morgan fingerprint density at radius 2 is 2.56 bits per heavy atom. The highest BCUT2D eigenvalue weighted by Gasteiger charge is 2.24. The van der Waals surface area contributed by atoms with Crippen molar-refractivity contribution in [2.75, 3.05) is 6.54 Å². The van der Waals surface area contributed by atoms with Gasteiger partial charge in [-0.3, -0.25) is 4.79 Å². The third kappa shape index (κ3) is 0.929. The standard InChI is InChI=1S/C5H9N3O/c1-3-4(2-6)5(9)8-7-3/h4H,2,6H2,1H3,(H,8,9)/t4-/m1/s1. The molecule has 0 bridgehead atoms. The fraction of sp³-hybridized carbons (Fsp3) is 0.600. The smallest absolute Gasteiger partial charge is 0.250 e. The van der Waals surface area contributed by atoms with Crippen molar-refractivity contribution in [3.63, 3.8) is 0 Å². The van der Waals surface area contributed by atoms with E-state index in [2.05, 4.69) is 10.5 Å². The second-order valence-corrected chi connectivity index (χ2v) is 2.02. The number of amides is 1. The maximum absolute atomic E-state index is 10.7. The van der Waals surface area contributed by atoms with Crippen LogP contribution in [0.15, 0.2) is 5.10 Å². The third-order valence-electron chi connectivity index (χ3n) is 1.40. The Morgan fingerprint density at radius 3 is 2.78 bits per heavy atom. The maximum atomic E-state index is 10.7. The molecule has 0 saturated carbocycles. The summed E-state index contributed by atoms with van der Waals surface area (Å²) in [7, 11) is 0. The van der Waals surface area contributed by atoms with Gasteiger partial charge in [-0.2, -0.15) is 5.10 Å². The minimum Gasteiger partial charge on any atom is -0.329 e. The largest absolute Gasteiger partial charge is 0.329 e. The van der Waals surface area contributed by atoms with Gasteiger partial charge in [-0.05, 0) is 6.92 Å². The van der Waals surface area contributed by atoms with E-state index in [4.69, 9.17) is 5.73 Å². The Morgan fingerprint density at radius 1 is 1.89 bits per heavy atom. The van der Waals surface area contributed by atoms with E-state index >= 15 is 0 Å². The summed E-state index contributed by atoms with van der Waals surface area (Å²) in [6.45, 7) is 2.14. The molecule has 0 aromatic carbocycles. The Bertz CT molecular complexity index is 164. The number of rotatable bonds is 1. The summed E-state index contributed by atoms with van der Waals surface area (Å²) in [5, 5.41) is 3.71. The van der Waals surface area contributed by atoms with Gasteiger partial charge in [0.05, 0.1) is 5.92 Å². The molecule has 0 spiro atoms. The highest BCUT2D eigenvalue weighted by atomic mass is 16.2. The molecule has 0 saturated heterocycles. The van der Waals surface area contributed by atoms with Crippen molar-refractivity contribution in [1.29, 1.82) is 0 Å². The molecule has 4 heteroatoms. The van der Waals surface area contributed by atoms with Gasteiger partial charge >= 0.3 is 0 Å². The average Bonchev–Trinajstić information content (AvgIpc) is 2.12. The SMILES string of the molecule is CC1=NNC(=O)[C@@H]1CN. The molecule has 0 aliphatic carbocycles. The summed E-state index contributed by atoms with van der Waals surface area (Å²) in [5.41, 5.74) is 8.39. The van der Waals surface area contributed by atoms with Gasteiger partial charge in [0, 0.05) is 12.3 Å². The first-order valence-corrected chi connectivity index (χ1v) is 2.80. The molecule has 50 valence electrons. The highest BCUT2D eigenvalue weighted by Crippen LogP contribution is 2.03. The Labute approximate surface area is 53.1 Å². The molecule has 0 fully saturated rings. The average molecular weight is 127 g/mol. The second-order valence-electron chi connectivity index (χ2n) is 2.02. The van der Waals surface area contributed by atoms with Crippen LogP contribution in [0.2, 0.25) is 0 Å². The first-order valence-electron chi connectivity index (χ1n) is 2.80. The molecule has 1 atom stereocenters. The zero-order valence-electron chi connectivity index (χ0n) is 5.22.